The Morgan fingerprint density at radius 2 is 1.50 bits per heavy atom. The van der Waals surface area contributed by atoms with Crippen LogP contribution in [0.1, 0.15) is 10.4 Å². The number of thiazole rings is 1. The molecule has 9 nitrogen and oxygen atoms in total. The van der Waals surface area contributed by atoms with Crippen LogP contribution in [-0.2, 0) is 0 Å². The van der Waals surface area contributed by atoms with E-state index >= 15 is 0 Å². The summed E-state index contributed by atoms with van der Waals surface area (Å²) in [6.45, 7) is 0. The summed E-state index contributed by atoms with van der Waals surface area (Å²) in [7, 11) is 0. The number of anilines is 1. The lowest BCUT2D eigenvalue weighted by molar-refractivity contribution is 0.102. The molecule has 0 fully saturated rings. The van der Waals surface area contributed by atoms with Gasteiger partial charge in [-0.3, -0.25) is 4.79 Å². The summed E-state index contributed by atoms with van der Waals surface area (Å²) < 4.78 is 0. The number of nitrogens with two attached hydrogens (primary N) is 1. The number of nitrogen functional groups attached to an aromatic ring is 1. The van der Waals surface area contributed by atoms with E-state index in [2.05, 4.69) is 50.8 Å². The maximum atomic E-state index is 11.5. The molecule has 7 aromatic heterocycles. The summed E-state index contributed by atoms with van der Waals surface area (Å²) in [5, 5.41) is 7.35. The van der Waals surface area contributed by atoms with Crippen LogP contribution in [0.15, 0.2) is 66.8 Å². The lowest BCUT2D eigenvalue weighted by atomic mass is 10.1. The SMILES string of the molecule is Clc1cnc2[nH]ccc2c1.Nc1nc(-c2c[nH]c3ncc(Cl)cc23)cs1.O=C(CBr)c1c[nH]c2ncc(Cl)cc12. The standard InChI is InChI=1S/C10H7ClN4S.C9H6BrClN2O.C7H5ClN2/c11-5-1-6-7(3-14-9(6)13-2-5)8-4-16-10(12)15-8;10-2-8(14)7-4-13-9-6(7)1-5(11)3-12-9;8-6-3-5-1-2-9-7(5)10-4-6/h1-4H,(H2,12,15)(H,13,14);1,3-4H,2H2,(H,12,13);1-4H,(H,9,10). The Morgan fingerprint density at radius 1 is 0.875 bits per heavy atom. The zero-order valence-corrected chi connectivity index (χ0v) is 24.9. The largest absolute Gasteiger partial charge is 0.375 e. The number of pyridine rings is 3. The molecule has 0 atom stereocenters. The van der Waals surface area contributed by atoms with Crippen molar-refractivity contribution < 1.29 is 4.79 Å². The monoisotopic (exact) mass is 674 g/mol. The highest BCUT2D eigenvalue weighted by atomic mass is 79.9. The number of carbonyl (C=O) groups excluding carboxylic acids is 1. The molecule has 0 aliphatic carbocycles. The molecule has 5 N–H and O–H groups in total. The molecule has 0 radical (unpaired) electrons. The molecule has 202 valence electrons. The Bertz CT molecular complexity index is 1950. The van der Waals surface area contributed by atoms with E-state index in [1.807, 2.05) is 36.0 Å². The number of rotatable bonds is 3. The number of H-pyrrole nitrogens is 3. The van der Waals surface area contributed by atoms with Gasteiger partial charge >= 0.3 is 0 Å². The minimum Gasteiger partial charge on any atom is -0.375 e. The van der Waals surface area contributed by atoms with E-state index in [1.54, 1.807) is 30.9 Å². The first kappa shape index (κ1) is 28.1. The van der Waals surface area contributed by atoms with Crippen molar-refractivity contribution >= 4 is 106 Å². The Balaban J connectivity index is 0.000000124. The molecule has 0 saturated heterocycles. The van der Waals surface area contributed by atoms with Gasteiger partial charge in [-0.2, -0.15) is 0 Å². The third kappa shape index (κ3) is 6.29. The Kier molecular flexibility index (Phi) is 8.67. The van der Waals surface area contributed by atoms with Gasteiger partial charge in [0, 0.05) is 69.8 Å². The van der Waals surface area contributed by atoms with E-state index in [0.717, 1.165) is 38.7 Å². The van der Waals surface area contributed by atoms with Gasteiger partial charge in [0.15, 0.2) is 10.9 Å². The molecule has 0 spiro atoms. The lowest BCUT2D eigenvalue weighted by Gasteiger charge is -1.94. The fraction of sp³-hybridized carbons (Fsp3) is 0.0385. The first-order chi connectivity index (χ1) is 19.3. The summed E-state index contributed by atoms with van der Waals surface area (Å²) in [4.78, 5) is 37.0. The minimum absolute atomic E-state index is 0.0142. The maximum Gasteiger partial charge on any atom is 0.180 e. The smallest absolute Gasteiger partial charge is 0.180 e. The van der Waals surface area contributed by atoms with Crippen LogP contribution in [0.5, 0.6) is 0 Å². The lowest BCUT2D eigenvalue weighted by Crippen LogP contribution is -1.97. The molecule has 7 heterocycles. The second-order valence-corrected chi connectivity index (χ2v) is 11.0. The molecule has 40 heavy (non-hydrogen) atoms. The molecule has 7 rings (SSSR count). The predicted octanol–water partition coefficient (Wildman–Crippen LogP) is 7.93. The number of aromatic nitrogens is 7. The van der Waals surface area contributed by atoms with Gasteiger partial charge in [0.05, 0.1) is 26.1 Å². The highest BCUT2D eigenvalue weighted by Gasteiger charge is 2.12. The van der Waals surface area contributed by atoms with Crippen LogP contribution in [0.25, 0.3) is 44.4 Å². The quantitative estimate of drug-likeness (QED) is 0.111. The number of hydrogen-bond donors (Lipinski definition) is 4. The number of Topliss-reactive ketones (excluding diaryl/α,β-unsaturated/α-hetero) is 1. The van der Waals surface area contributed by atoms with E-state index in [0.29, 0.717) is 36.7 Å². The topological polar surface area (TPSA) is 142 Å². The van der Waals surface area contributed by atoms with Gasteiger partial charge in [-0.1, -0.05) is 50.7 Å². The second-order valence-electron chi connectivity index (χ2n) is 8.20. The van der Waals surface area contributed by atoms with E-state index < -0.39 is 0 Å². The summed E-state index contributed by atoms with van der Waals surface area (Å²) in [6, 6.07) is 7.41. The highest BCUT2D eigenvalue weighted by molar-refractivity contribution is 9.09. The predicted molar refractivity (Wildman–Crippen MR) is 167 cm³/mol. The fourth-order valence-electron chi connectivity index (χ4n) is 3.79. The van der Waals surface area contributed by atoms with Gasteiger partial charge in [-0.25, -0.2) is 19.9 Å². The van der Waals surface area contributed by atoms with Gasteiger partial charge in [-0.05, 0) is 24.3 Å². The van der Waals surface area contributed by atoms with Crippen molar-refractivity contribution in [2.45, 2.75) is 0 Å². The first-order valence-corrected chi connectivity index (χ1v) is 14.6. The van der Waals surface area contributed by atoms with Crippen LogP contribution >= 0.6 is 62.1 Å². The molecule has 7 aromatic rings. The Morgan fingerprint density at radius 3 is 2.17 bits per heavy atom. The molecular formula is C26H18BrCl3N8OS. The van der Waals surface area contributed by atoms with Crippen molar-refractivity contribution in [3.05, 3.63) is 87.5 Å². The first-order valence-electron chi connectivity index (χ1n) is 11.5. The molecule has 0 saturated carbocycles. The van der Waals surface area contributed by atoms with Crippen LogP contribution in [0.3, 0.4) is 0 Å². The average molecular weight is 677 g/mol. The number of nitrogens with zero attached hydrogens (tertiary/aromatic N) is 4. The molecule has 14 heteroatoms. The Labute approximate surface area is 254 Å². The summed E-state index contributed by atoms with van der Waals surface area (Å²) in [6.07, 6.45) is 10.1. The van der Waals surface area contributed by atoms with Crippen LogP contribution in [0.4, 0.5) is 5.13 Å². The third-order valence-electron chi connectivity index (χ3n) is 5.58. The number of aromatic amines is 3. The zero-order valence-electron chi connectivity index (χ0n) is 20.3. The van der Waals surface area contributed by atoms with Crippen LogP contribution in [-0.4, -0.2) is 46.0 Å². The van der Waals surface area contributed by atoms with Gasteiger partial charge in [0.2, 0.25) is 0 Å². The molecule has 0 amide bonds. The number of halogens is 4. The van der Waals surface area contributed by atoms with Crippen molar-refractivity contribution in [3.8, 4) is 11.3 Å². The number of alkyl halides is 1. The summed E-state index contributed by atoms with van der Waals surface area (Å²) in [5.41, 5.74) is 10.4. The maximum absolute atomic E-state index is 11.5. The van der Waals surface area contributed by atoms with Crippen molar-refractivity contribution in [1.82, 2.24) is 34.9 Å². The van der Waals surface area contributed by atoms with E-state index in [4.69, 9.17) is 40.5 Å². The van der Waals surface area contributed by atoms with Gasteiger partial charge in [-0.15, -0.1) is 11.3 Å². The molecular weight excluding hydrogens is 659 g/mol. The van der Waals surface area contributed by atoms with Crippen molar-refractivity contribution in [2.75, 3.05) is 11.1 Å². The third-order valence-corrected chi connectivity index (χ3v) is 7.39. The molecule has 0 aliphatic heterocycles. The number of carbonyl (C=O) groups is 1. The normalized spacial score (nSPS) is 10.8. The number of nitrogens with one attached hydrogen (secondary N) is 3. The van der Waals surface area contributed by atoms with E-state index in [9.17, 15) is 4.79 Å². The van der Waals surface area contributed by atoms with Crippen LogP contribution in [0.2, 0.25) is 15.1 Å². The second kappa shape index (κ2) is 12.4. The van der Waals surface area contributed by atoms with Crippen molar-refractivity contribution in [2.24, 2.45) is 0 Å². The van der Waals surface area contributed by atoms with Gasteiger partial charge in [0.25, 0.3) is 0 Å². The number of hydrogen-bond acceptors (Lipinski definition) is 7. The molecule has 0 unspecified atom stereocenters. The number of ketones is 1. The average Bonchev–Trinajstić information content (AvgIpc) is 3.74. The summed E-state index contributed by atoms with van der Waals surface area (Å²) in [5.74, 6) is 0.0142. The van der Waals surface area contributed by atoms with Crippen molar-refractivity contribution in [3.63, 3.8) is 0 Å². The molecule has 0 bridgehead atoms. The van der Waals surface area contributed by atoms with Gasteiger partial charge in [0.1, 0.15) is 16.9 Å². The zero-order chi connectivity index (χ0) is 28.2. The number of fused-ring (bicyclic) bond motifs is 3. The molecule has 0 aliphatic rings. The summed E-state index contributed by atoms with van der Waals surface area (Å²) >= 11 is 22.0. The van der Waals surface area contributed by atoms with Gasteiger partial charge < -0.3 is 20.7 Å². The highest BCUT2D eigenvalue weighted by Crippen LogP contribution is 2.30. The van der Waals surface area contributed by atoms with Crippen LogP contribution in [0, 0.1) is 0 Å². The van der Waals surface area contributed by atoms with Crippen LogP contribution < -0.4 is 5.73 Å². The Hall–Kier alpha value is -3.48. The van der Waals surface area contributed by atoms with Crippen molar-refractivity contribution in [1.29, 1.82) is 0 Å². The fourth-order valence-corrected chi connectivity index (χ4v) is 5.14. The van der Waals surface area contributed by atoms with E-state index in [1.165, 1.54) is 11.3 Å². The van der Waals surface area contributed by atoms with E-state index in [-0.39, 0.29) is 5.78 Å². The molecule has 0 aromatic carbocycles. The minimum atomic E-state index is 0.0142.